The van der Waals surface area contributed by atoms with Crippen molar-refractivity contribution in [2.45, 2.75) is 12.2 Å². The van der Waals surface area contributed by atoms with Crippen molar-refractivity contribution in [1.29, 1.82) is 0 Å². The summed E-state index contributed by atoms with van der Waals surface area (Å²) in [6.45, 7) is 2.71. The van der Waals surface area contributed by atoms with Crippen molar-refractivity contribution < 1.29 is 28.6 Å². The Morgan fingerprint density at radius 3 is 2.06 bits per heavy atom. The van der Waals surface area contributed by atoms with Gasteiger partial charge in [0.25, 0.3) is 0 Å². The van der Waals surface area contributed by atoms with Crippen molar-refractivity contribution in [3.05, 3.63) is 0 Å². The zero-order chi connectivity index (χ0) is 12.0. The minimum atomic E-state index is -1.16. The summed E-state index contributed by atoms with van der Waals surface area (Å²) in [7, 11) is 1.05. The second-order valence-electron chi connectivity index (χ2n) is 3.60. The number of hydrogen-bond donors (Lipinski definition) is 1. The zero-order valence-corrected chi connectivity index (χ0v) is 9.10. The second-order valence-corrected chi connectivity index (χ2v) is 3.60. The van der Waals surface area contributed by atoms with Gasteiger partial charge < -0.3 is 19.3 Å². The summed E-state index contributed by atoms with van der Waals surface area (Å²) >= 11 is 0. The molecular weight excluding hydrogens is 221 g/mol. The summed E-state index contributed by atoms with van der Waals surface area (Å²) < 4.78 is 26.5. The van der Waals surface area contributed by atoms with Gasteiger partial charge in [-0.1, -0.05) is 0 Å². The van der Waals surface area contributed by atoms with E-state index in [2.05, 4.69) is 0 Å². The molecule has 0 spiro atoms. The third kappa shape index (κ3) is 8.54. The van der Waals surface area contributed by atoms with Gasteiger partial charge in [0, 0.05) is 7.05 Å². The molecule has 2 saturated heterocycles. The fourth-order valence-corrected chi connectivity index (χ4v) is 0.846. The monoisotopic (exact) mass is 237 g/mol. The van der Waals surface area contributed by atoms with Crippen LogP contribution in [-0.4, -0.2) is 68.4 Å². The normalized spacial score (nSPS) is 25.9. The molecule has 0 saturated carbocycles. The molecule has 0 amide bonds. The van der Waals surface area contributed by atoms with Crippen molar-refractivity contribution >= 4 is 5.97 Å². The number of carbonyl (C=O) groups is 1. The number of halogens is 1. The lowest BCUT2D eigenvalue weighted by atomic mass is 10.5. The average molecular weight is 237 g/mol. The van der Waals surface area contributed by atoms with Crippen LogP contribution < -0.4 is 0 Å². The molecule has 2 aliphatic rings. The molecule has 7 heteroatoms. The Morgan fingerprint density at radius 1 is 1.44 bits per heavy atom. The lowest BCUT2D eigenvalue weighted by Gasteiger charge is -1.95. The van der Waals surface area contributed by atoms with Crippen molar-refractivity contribution in [1.82, 2.24) is 5.12 Å². The Labute approximate surface area is 92.8 Å². The van der Waals surface area contributed by atoms with Crippen LogP contribution in [0.25, 0.3) is 0 Å². The molecule has 1 N–H and O–H groups in total. The van der Waals surface area contributed by atoms with Gasteiger partial charge in [0.1, 0.15) is 18.8 Å². The van der Waals surface area contributed by atoms with E-state index < -0.39 is 12.5 Å². The number of carboxylic acids is 1. The summed E-state index contributed by atoms with van der Waals surface area (Å²) in [5.74, 6) is -1.16. The number of rotatable bonds is 6. The topological polar surface area (TPSA) is 74.8 Å². The van der Waals surface area contributed by atoms with Gasteiger partial charge in [-0.15, -0.1) is 9.60 Å². The molecule has 6 nitrogen and oxygen atoms in total. The fraction of sp³-hybridized carbons (Fsp3) is 0.889. The quantitative estimate of drug-likeness (QED) is 0.504. The molecule has 2 heterocycles. The van der Waals surface area contributed by atoms with E-state index in [1.165, 1.54) is 0 Å². The molecule has 94 valence electrons. The van der Waals surface area contributed by atoms with Gasteiger partial charge in [-0.05, 0) is 0 Å². The number of hydrogen-bond acceptors (Lipinski definition) is 5. The molecule has 0 aromatic carbocycles. The predicted octanol–water partition coefficient (Wildman–Crippen LogP) is -0.312. The van der Waals surface area contributed by atoms with Gasteiger partial charge in [-0.3, -0.25) is 4.79 Å². The Kier molecular flexibility index (Phi) is 5.61. The van der Waals surface area contributed by atoms with Gasteiger partial charge in [-0.25, -0.2) is 0 Å². The van der Waals surface area contributed by atoms with Crippen LogP contribution in [0.15, 0.2) is 0 Å². The Bertz CT molecular complexity index is 206. The summed E-state index contributed by atoms with van der Waals surface area (Å²) in [5, 5.41) is 7.90. The third-order valence-corrected chi connectivity index (χ3v) is 1.77. The highest BCUT2D eigenvalue weighted by molar-refractivity contribution is 5.68. The predicted molar refractivity (Wildman–Crippen MR) is 51.7 cm³/mol. The molecule has 2 rings (SSSR count). The molecule has 0 aliphatic carbocycles. The van der Waals surface area contributed by atoms with E-state index in [0.29, 0.717) is 12.2 Å². The Hall–Kier alpha value is -0.760. The first-order valence-electron chi connectivity index (χ1n) is 4.97. The molecule has 16 heavy (non-hydrogen) atoms. The van der Waals surface area contributed by atoms with E-state index in [1.54, 1.807) is 0 Å². The number of epoxide rings is 2. The largest absolute Gasteiger partial charge is 0.480 e. The van der Waals surface area contributed by atoms with Crippen LogP contribution in [0.5, 0.6) is 0 Å². The first-order chi connectivity index (χ1) is 7.58. The van der Waals surface area contributed by atoms with Crippen LogP contribution in [0.2, 0.25) is 0 Å². The molecular formula is C9H16FNO5. The van der Waals surface area contributed by atoms with E-state index in [9.17, 15) is 9.28 Å². The second kappa shape index (κ2) is 6.74. The highest BCUT2D eigenvalue weighted by Gasteiger charge is 2.26. The summed E-state index contributed by atoms with van der Waals surface area (Å²) in [5.41, 5.74) is 0. The highest BCUT2D eigenvalue weighted by Crippen LogP contribution is 2.12. The van der Waals surface area contributed by atoms with E-state index in [0.717, 1.165) is 33.5 Å². The van der Waals surface area contributed by atoms with E-state index in [1.807, 2.05) is 0 Å². The van der Waals surface area contributed by atoms with Crippen molar-refractivity contribution in [3.63, 3.8) is 0 Å². The first kappa shape index (κ1) is 13.3. The minimum Gasteiger partial charge on any atom is -0.480 e. The van der Waals surface area contributed by atoms with Crippen LogP contribution in [0.3, 0.4) is 0 Å². The third-order valence-electron chi connectivity index (χ3n) is 1.77. The van der Waals surface area contributed by atoms with Gasteiger partial charge in [0.2, 0.25) is 0 Å². The van der Waals surface area contributed by atoms with Crippen molar-refractivity contribution in [3.8, 4) is 0 Å². The molecule has 0 bridgehead atoms. The average Bonchev–Trinajstić information content (AvgIpc) is 2.96. The van der Waals surface area contributed by atoms with Crippen LogP contribution in [0, 0.1) is 0 Å². The molecule has 0 aromatic rings. The number of ether oxygens (including phenoxy) is 3. The molecule has 2 fully saturated rings. The summed E-state index contributed by atoms with van der Waals surface area (Å²) in [6.07, 6.45) is 0.785. The molecule has 0 radical (unpaired) electrons. The lowest BCUT2D eigenvalue weighted by Crippen LogP contribution is -2.16. The number of likely N-dealkylation sites (N-methyl/N-ethyl adjacent to an activating group) is 1. The van der Waals surface area contributed by atoms with Gasteiger partial charge in [0.15, 0.2) is 0 Å². The van der Waals surface area contributed by atoms with E-state index >= 15 is 0 Å². The van der Waals surface area contributed by atoms with Crippen LogP contribution >= 0.6 is 0 Å². The SMILES string of the molecule is C(OCC1CO1)C1CO1.CN(F)CC(=O)O. The Balaban J connectivity index is 0.000000168. The smallest absolute Gasteiger partial charge is 0.320 e. The van der Waals surface area contributed by atoms with E-state index in [4.69, 9.17) is 19.3 Å². The zero-order valence-electron chi connectivity index (χ0n) is 9.10. The van der Waals surface area contributed by atoms with Gasteiger partial charge >= 0.3 is 5.97 Å². The van der Waals surface area contributed by atoms with Crippen LogP contribution in [0.4, 0.5) is 4.48 Å². The van der Waals surface area contributed by atoms with Crippen molar-refractivity contribution in [2.24, 2.45) is 0 Å². The standard InChI is InChI=1S/C6H10O3.C3H6FNO2/c1(5-3-8-5)7-2-6-4-9-6;1-5(4)2-3(6)7/h5-6H,1-4H2;2H2,1H3,(H,6,7). The minimum absolute atomic E-state index is 0.0995. The molecule has 2 aliphatic heterocycles. The van der Waals surface area contributed by atoms with Crippen LogP contribution in [-0.2, 0) is 19.0 Å². The maximum atomic E-state index is 11.4. The van der Waals surface area contributed by atoms with Crippen molar-refractivity contribution in [2.75, 3.05) is 40.0 Å². The maximum Gasteiger partial charge on any atom is 0.320 e. The highest BCUT2D eigenvalue weighted by atomic mass is 19.2. The van der Waals surface area contributed by atoms with Crippen LogP contribution in [0.1, 0.15) is 0 Å². The Morgan fingerprint density at radius 2 is 1.88 bits per heavy atom. The van der Waals surface area contributed by atoms with Gasteiger partial charge in [0.05, 0.1) is 26.4 Å². The first-order valence-corrected chi connectivity index (χ1v) is 4.97. The summed E-state index contributed by atoms with van der Waals surface area (Å²) in [6, 6.07) is 0. The maximum absolute atomic E-state index is 11.4. The van der Waals surface area contributed by atoms with Gasteiger partial charge in [-0.2, -0.15) is 0 Å². The number of nitrogens with zero attached hydrogens (tertiary/aromatic N) is 1. The summed E-state index contributed by atoms with van der Waals surface area (Å²) in [4.78, 5) is 9.53. The molecule has 2 unspecified atom stereocenters. The fourth-order valence-electron chi connectivity index (χ4n) is 0.846. The number of carboxylic acid groups (broad SMARTS) is 1. The van der Waals surface area contributed by atoms with E-state index in [-0.39, 0.29) is 5.12 Å². The number of aliphatic carboxylic acids is 1. The molecule has 0 aromatic heterocycles. The lowest BCUT2D eigenvalue weighted by molar-refractivity contribution is -0.141. The molecule has 2 atom stereocenters.